The van der Waals surface area contributed by atoms with Crippen molar-refractivity contribution in [2.75, 3.05) is 24.7 Å². The van der Waals surface area contributed by atoms with Crippen LogP contribution in [0.15, 0.2) is 42.7 Å². The molecule has 1 aromatic carbocycles. The largest absolute Gasteiger partial charge is 0.443 e. The van der Waals surface area contributed by atoms with Crippen molar-refractivity contribution in [1.82, 2.24) is 9.55 Å². The van der Waals surface area contributed by atoms with Crippen molar-refractivity contribution < 1.29 is 23.5 Å². The highest BCUT2D eigenvalue weighted by atomic mass is 19.1. The minimum absolute atomic E-state index is 0.0401. The van der Waals surface area contributed by atoms with Gasteiger partial charge in [0.15, 0.2) is 0 Å². The number of fused-ring (bicyclic) bond motifs is 1. The third kappa shape index (κ3) is 3.91. The highest BCUT2D eigenvalue weighted by Crippen LogP contribution is 2.32. The lowest BCUT2D eigenvalue weighted by atomic mass is 10.1. The third-order valence-corrected chi connectivity index (χ3v) is 4.68. The summed E-state index contributed by atoms with van der Waals surface area (Å²) in [5, 5.41) is 0.694. The number of morpholine rings is 1. The normalized spacial score (nSPS) is 14.9. The number of ether oxygens (including phenoxy) is 2. The van der Waals surface area contributed by atoms with Gasteiger partial charge >= 0.3 is 6.09 Å². The summed E-state index contributed by atoms with van der Waals surface area (Å²) in [6.07, 6.45) is 2.66. The number of hydrogen-bond acceptors (Lipinski definition) is 5. The van der Waals surface area contributed by atoms with E-state index in [9.17, 15) is 14.0 Å². The number of benzene rings is 1. The van der Waals surface area contributed by atoms with Crippen molar-refractivity contribution >= 4 is 28.7 Å². The van der Waals surface area contributed by atoms with Crippen LogP contribution < -0.4 is 4.90 Å². The maximum Gasteiger partial charge on any atom is 0.419 e. The molecule has 1 aliphatic rings. The number of anilines is 1. The third-order valence-electron chi connectivity index (χ3n) is 4.68. The Morgan fingerprint density at radius 3 is 2.70 bits per heavy atom. The number of amides is 1. The van der Waals surface area contributed by atoms with E-state index in [-0.39, 0.29) is 12.5 Å². The first-order valence-corrected chi connectivity index (χ1v) is 9.61. The zero-order valence-corrected chi connectivity index (χ0v) is 17.0. The Morgan fingerprint density at radius 2 is 2.03 bits per heavy atom. The van der Waals surface area contributed by atoms with Gasteiger partial charge < -0.3 is 9.47 Å². The summed E-state index contributed by atoms with van der Waals surface area (Å²) >= 11 is 0. The molecule has 1 saturated heterocycles. The molecule has 8 heteroatoms. The molecule has 1 fully saturated rings. The van der Waals surface area contributed by atoms with E-state index in [2.05, 4.69) is 4.98 Å². The minimum atomic E-state index is -0.685. The van der Waals surface area contributed by atoms with Crippen LogP contribution in [-0.2, 0) is 14.3 Å². The number of pyridine rings is 1. The zero-order chi connectivity index (χ0) is 21.5. The summed E-state index contributed by atoms with van der Waals surface area (Å²) in [6, 6.07) is 7.85. The van der Waals surface area contributed by atoms with Crippen LogP contribution >= 0.6 is 0 Å². The Morgan fingerprint density at radius 1 is 1.23 bits per heavy atom. The molecule has 0 radical (unpaired) electrons. The van der Waals surface area contributed by atoms with Crippen molar-refractivity contribution in [3.05, 3.63) is 48.5 Å². The molecule has 156 valence electrons. The first-order chi connectivity index (χ1) is 14.2. The molecule has 0 bridgehead atoms. The van der Waals surface area contributed by atoms with Crippen LogP contribution in [0.2, 0.25) is 0 Å². The second-order valence-corrected chi connectivity index (χ2v) is 8.06. The lowest BCUT2D eigenvalue weighted by Gasteiger charge is -2.25. The molecule has 3 aromatic rings. The predicted molar refractivity (Wildman–Crippen MR) is 110 cm³/mol. The van der Waals surface area contributed by atoms with Crippen LogP contribution in [0.5, 0.6) is 0 Å². The molecule has 30 heavy (non-hydrogen) atoms. The molecule has 4 rings (SSSR count). The summed E-state index contributed by atoms with van der Waals surface area (Å²) in [4.78, 5) is 30.7. The number of nitrogens with zero attached hydrogens (tertiary/aromatic N) is 3. The van der Waals surface area contributed by atoms with Crippen LogP contribution in [0.25, 0.3) is 22.0 Å². The van der Waals surface area contributed by atoms with Crippen molar-refractivity contribution in [1.29, 1.82) is 0 Å². The second-order valence-electron chi connectivity index (χ2n) is 8.06. The fraction of sp³-hybridized carbons (Fsp3) is 0.318. The summed E-state index contributed by atoms with van der Waals surface area (Å²) in [5.41, 5.74) is 1.17. The van der Waals surface area contributed by atoms with Gasteiger partial charge in [-0.1, -0.05) is 0 Å². The SMILES string of the molecule is CC(C)(C)OC(=O)n1cc(-c2ccc(N3CCOCC3=O)nc2)c2ccc(F)cc21. The van der Waals surface area contributed by atoms with Crippen LogP contribution in [0.4, 0.5) is 15.0 Å². The lowest BCUT2D eigenvalue weighted by molar-refractivity contribution is -0.125. The van der Waals surface area contributed by atoms with E-state index in [0.29, 0.717) is 35.4 Å². The van der Waals surface area contributed by atoms with Crippen LogP contribution in [0, 0.1) is 5.82 Å². The van der Waals surface area contributed by atoms with Gasteiger partial charge in [0.05, 0.1) is 18.7 Å². The number of hydrogen-bond donors (Lipinski definition) is 0. The highest BCUT2D eigenvalue weighted by molar-refractivity contribution is 6.01. The van der Waals surface area contributed by atoms with Crippen molar-refractivity contribution in [2.45, 2.75) is 26.4 Å². The predicted octanol–water partition coefficient (Wildman–Crippen LogP) is 3.99. The average Bonchev–Trinajstić information content (AvgIpc) is 3.06. The van der Waals surface area contributed by atoms with Gasteiger partial charge in [-0.3, -0.25) is 14.3 Å². The number of halogens is 1. The van der Waals surface area contributed by atoms with Crippen LogP contribution in [0.3, 0.4) is 0 Å². The Kier molecular flexibility index (Phi) is 5.03. The molecular formula is C22H22FN3O4. The van der Waals surface area contributed by atoms with E-state index < -0.39 is 17.5 Å². The first-order valence-electron chi connectivity index (χ1n) is 9.61. The molecule has 3 heterocycles. The first kappa shape index (κ1) is 20.0. The van der Waals surface area contributed by atoms with Crippen LogP contribution in [-0.4, -0.2) is 46.9 Å². The maximum atomic E-state index is 13.9. The van der Waals surface area contributed by atoms with Gasteiger partial charge in [0.1, 0.15) is 23.8 Å². The maximum absolute atomic E-state index is 13.9. The van der Waals surface area contributed by atoms with E-state index in [1.54, 1.807) is 50.2 Å². The van der Waals surface area contributed by atoms with E-state index in [0.717, 1.165) is 5.56 Å². The number of rotatable bonds is 2. The van der Waals surface area contributed by atoms with E-state index in [1.165, 1.54) is 16.7 Å². The summed E-state index contributed by atoms with van der Waals surface area (Å²) in [6.45, 7) is 6.26. The van der Waals surface area contributed by atoms with Crippen molar-refractivity contribution in [3.63, 3.8) is 0 Å². The van der Waals surface area contributed by atoms with E-state index >= 15 is 0 Å². The smallest absolute Gasteiger partial charge is 0.419 e. The number of carbonyl (C=O) groups is 2. The number of carbonyl (C=O) groups excluding carboxylic acids is 2. The Labute approximate surface area is 173 Å². The lowest BCUT2D eigenvalue weighted by Crippen LogP contribution is -2.42. The minimum Gasteiger partial charge on any atom is -0.443 e. The molecule has 0 spiro atoms. The molecule has 0 atom stereocenters. The highest BCUT2D eigenvalue weighted by Gasteiger charge is 2.23. The molecule has 0 unspecified atom stereocenters. The van der Waals surface area contributed by atoms with Crippen LogP contribution in [0.1, 0.15) is 20.8 Å². The fourth-order valence-corrected chi connectivity index (χ4v) is 3.36. The molecule has 0 aliphatic carbocycles. The van der Waals surface area contributed by atoms with Crippen molar-refractivity contribution in [2.24, 2.45) is 0 Å². The summed E-state index contributed by atoms with van der Waals surface area (Å²) in [5.74, 6) is -0.0521. The van der Waals surface area contributed by atoms with Gasteiger partial charge in [-0.2, -0.15) is 0 Å². The van der Waals surface area contributed by atoms with Gasteiger partial charge in [0.25, 0.3) is 5.91 Å². The molecule has 7 nitrogen and oxygen atoms in total. The quantitative estimate of drug-likeness (QED) is 0.638. The molecule has 1 aliphatic heterocycles. The topological polar surface area (TPSA) is 73.7 Å². The second kappa shape index (κ2) is 7.53. The Hall–Kier alpha value is -3.26. The average molecular weight is 411 g/mol. The Bertz CT molecular complexity index is 1120. The van der Waals surface area contributed by atoms with E-state index in [4.69, 9.17) is 9.47 Å². The van der Waals surface area contributed by atoms with E-state index in [1.807, 2.05) is 6.07 Å². The zero-order valence-electron chi connectivity index (χ0n) is 17.0. The molecule has 1 amide bonds. The Balaban J connectivity index is 1.74. The van der Waals surface area contributed by atoms with Gasteiger partial charge in [0, 0.05) is 28.9 Å². The molecule has 2 aromatic heterocycles. The molecule has 0 saturated carbocycles. The summed E-state index contributed by atoms with van der Waals surface area (Å²) in [7, 11) is 0. The monoisotopic (exact) mass is 411 g/mol. The standard InChI is InChI=1S/C22H22FN3O4/c1-22(2,3)30-21(28)26-12-17(16-6-5-15(23)10-18(16)26)14-4-7-19(24-11-14)25-8-9-29-13-20(25)27/h4-7,10-12H,8-9,13H2,1-3H3. The van der Waals surface area contributed by atoms with Gasteiger partial charge in [0.2, 0.25) is 0 Å². The van der Waals surface area contributed by atoms with Gasteiger partial charge in [-0.25, -0.2) is 14.2 Å². The molecular weight excluding hydrogens is 389 g/mol. The summed E-state index contributed by atoms with van der Waals surface area (Å²) < 4.78 is 25.8. The van der Waals surface area contributed by atoms with Gasteiger partial charge in [-0.15, -0.1) is 0 Å². The molecule has 0 N–H and O–H groups in total. The fourth-order valence-electron chi connectivity index (χ4n) is 3.36. The number of aromatic nitrogens is 2. The van der Waals surface area contributed by atoms with Crippen molar-refractivity contribution in [3.8, 4) is 11.1 Å². The van der Waals surface area contributed by atoms with Gasteiger partial charge in [-0.05, 0) is 51.1 Å².